The molecule has 1 unspecified atom stereocenters. The molecule has 1 fully saturated rings. The molecule has 1 nitrogen and oxygen atoms in total. The summed E-state index contributed by atoms with van der Waals surface area (Å²) in [6.07, 6.45) is 17.0. The van der Waals surface area contributed by atoms with Crippen molar-refractivity contribution in [2.24, 2.45) is 5.41 Å². The van der Waals surface area contributed by atoms with E-state index in [2.05, 4.69) is 25.1 Å². The molecule has 0 heterocycles. The highest BCUT2D eigenvalue weighted by Gasteiger charge is 2.34. The van der Waals surface area contributed by atoms with Crippen LogP contribution in [-0.2, 0) is 0 Å². The Balaban J connectivity index is 2.50. The number of rotatable bonds is 7. The van der Waals surface area contributed by atoms with Gasteiger partial charge in [0.15, 0.2) is 0 Å². The maximum atomic E-state index is 5.36. The molecule has 0 spiro atoms. The van der Waals surface area contributed by atoms with E-state index in [1.807, 2.05) is 0 Å². The SMILES string of the molecule is C#CCCCC(NCCC)C1(C)CCCCC1. The molecule has 1 N–H and O–H groups in total. The molecule has 0 amide bonds. The molecular formula is C16H29N. The first-order valence-electron chi connectivity index (χ1n) is 7.40. The Morgan fingerprint density at radius 2 is 2.00 bits per heavy atom. The van der Waals surface area contributed by atoms with Gasteiger partial charge in [0, 0.05) is 12.5 Å². The van der Waals surface area contributed by atoms with E-state index >= 15 is 0 Å². The van der Waals surface area contributed by atoms with Gasteiger partial charge in [0.05, 0.1) is 0 Å². The van der Waals surface area contributed by atoms with Crippen molar-refractivity contribution in [1.82, 2.24) is 5.32 Å². The summed E-state index contributed by atoms with van der Waals surface area (Å²) in [5.74, 6) is 2.77. The molecule has 1 atom stereocenters. The molecule has 17 heavy (non-hydrogen) atoms. The minimum absolute atomic E-state index is 0.516. The minimum Gasteiger partial charge on any atom is -0.313 e. The van der Waals surface area contributed by atoms with Crippen LogP contribution in [0, 0.1) is 17.8 Å². The summed E-state index contributed by atoms with van der Waals surface area (Å²) in [6, 6.07) is 0.677. The first kappa shape index (κ1) is 14.6. The van der Waals surface area contributed by atoms with Crippen LogP contribution < -0.4 is 5.32 Å². The van der Waals surface area contributed by atoms with Crippen LogP contribution in [0.5, 0.6) is 0 Å². The smallest absolute Gasteiger partial charge is 0.0121 e. The molecule has 1 heteroatoms. The Labute approximate surface area is 108 Å². The Kier molecular flexibility index (Phi) is 6.66. The van der Waals surface area contributed by atoms with Gasteiger partial charge in [-0.3, -0.25) is 0 Å². The minimum atomic E-state index is 0.516. The second-order valence-electron chi connectivity index (χ2n) is 5.82. The summed E-state index contributed by atoms with van der Waals surface area (Å²) < 4.78 is 0. The lowest BCUT2D eigenvalue weighted by Crippen LogP contribution is -2.45. The van der Waals surface area contributed by atoms with E-state index in [0.29, 0.717) is 11.5 Å². The molecular weight excluding hydrogens is 206 g/mol. The Morgan fingerprint density at radius 1 is 1.29 bits per heavy atom. The molecule has 0 aromatic rings. The Bertz CT molecular complexity index is 232. The molecule has 1 aliphatic rings. The fraction of sp³-hybridized carbons (Fsp3) is 0.875. The average molecular weight is 235 g/mol. The maximum absolute atomic E-state index is 5.36. The molecule has 0 radical (unpaired) electrons. The van der Waals surface area contributed by atoms with Crippen molar-refractivity contribution in [3.8, 4) is 12.3 Å². The molecule has 1 saturated carbocycles. The van der Waals surface area contributed by atoms with E-state index in [4.69, 9.17) is 6.42 Å². The van der Waals surface area contributed by atoms with Crippen molar-refractivity contribution >= 4 is 0 Å². The van der Waals surface area contributed by atoms with E-state index in [9.17, 15) is 0 Å². The lowest BCUT2D eigenvalue weighted by Gasteiger charge is -2.41. The maximum Gasteiger partial charge on any atom is 0.0121 e. The molecule has 98 valence electrons. The number of terminal acetylenes is 1. The lowest BCUT2D eigenvalue weighted by molar-refractivity contribution is 0.136. The van der Waals surface area contributed by atoms with Crippen LogP contribution in [-0.4, -0.2) is 12.6 Å². The van der Waals surface area contributed by atoms with Crippen molar-refractivity contribution in [3.63, 3.8) is 0 Å². The zero-order valence-corrected chi connectivity index (χ0v) is 11.7. The van der Waals surface area contributed by atoms with Gasteiger partial charge < -0.3 is 5.32 Å². The first-order chi connectivity index (χ1) is 8.23. The number of unbranched alkanes of at least 4 members (excludes halogenated alkanes) is 1. The summed E-state index contributed by atoms with van der Waals surface area (Å²) in [7, 11) is 0. The van der Waals surface area contributed by atoms with Crippen LogP contribution in [0.25, 0.3) is 0 Å². The quantitative estimate of drug-likeness (QED) is 0.517. The van der Waals surface area contributed by atoms with E-state index in [1.54, 1.807) is 0 Å². The van der Waals surface area contributed by atoms with Gasteiger partial charge in [-0.15, -0.1) is 12.3 Å². The van der Waals surface area contributed by atoms with E-state index in [0.717, 1.165) is 13.0 Å². The monoisotopic (exact) mass is 235 g/mol. The van der Waals surface area contributed by atoms with Crippen molar-refractivity contribution in [3.05, 3.63) is 0 Å². The van der Waals surface area contributed by atoms with Crippen LogP contribution in [0.3, 0.4) is 0 Å². The highest BCUT2D eigenvalue weighted by atomic mass is 14.9. The number of hydrogen-bond acceptors (Lipinski definition) is 1. The third-order valence-corrected chi connectivity index (χ3v) is 4.29. The van der Waals surface area contributed by atoms with Crippen LogP contribution in [0.1, 0.15) is 71.6 Å². The second-order valence-corrected chi connectivity index (χ2v) is 5.82. The third-order valence-electron chi connectivity index (χ3n) is 4.29. The first-order valence-corrected chi connectivity index (χ1v) is 7.40. The highest BCUT2D eigenvalue weighted by Crippen LogP contribution is 2.40. The fourth-order valence-electron chi connectivity index (χ4n) is 3.13. The molecule has 1 aliphatic carbocycles. The van der Waals surface area contributed by atoms with Gasteiger partial charge in [-0.1, -0.05) is 33.1 Å². The standard InChI is InChI=1S/C16H29N/c1-4-6-8-11-15(17-14-5-2)16(3)12-9-7-10-13-16/h1,15,17H,5-14H2,2-3H3. The van der Waals surface area contributed by atoms with Crippen LogP contribution >= 0.6 is 0 Å². The summed E-state index contributed by atoms with van der Waals surface area (Å²) >= 11 is 0. The lowest BCUT2D eigenvalue weighted by atomic mass is 9.69. The van der Waals surface area contributed by atoms with Crippen LogP contribution in [0.2, 0.25) is 0 Å². The normalized spacial score (nSPS) is 20.8. The molecule has 0 bridgehead atoms. The van der Waals surface area contributed by atoms with Gasteiger partial charge in [0.25, 0.3) is 0 Å². The third kappa shape index (κ3) is 4.72. The van der Waals surface area contributed by atoms with Gasteiger partial charge in [-0.05, 0) is 44.1 Å². The van der Waals surface area contributed by atoms with Gasteiger partial charge in [-0.25, -0.2) is 0 Å². The fourth-order valence-corrected chi connectivity index (χ4v) is 3.13. The zero-order chi connectivity index (χ0) is 12.6. The molecule has 0 aromatic carbocycles. The molecule has 0 aromatic heterocycles. The Morgan fingerprint density at radius 3 is 2.59 bits per heavy atom. The average Bonchev–Trinajstić information content (AvgIpc) is 2.34. The van der Waals surface area contributed by atoms with Crippen molar-refractivity contribution in [2.75, 3.05) is 6.54 Å². The molecule has 1 rings (SSSR count). The van der Waals surface area contributed by atoms with Crippen molar-refractivity contribution in [1.29, 1.82) is 0 Å². The zero-order valence-electron chi connectivity index (χ0n) is 11.7. The van der Waals surface area contributed by atoms with Gasteiger partial charge in [0.1, 0.15) is 0 Å². The predicted molar refractivity (Wildman–Crippen MR) is 76.0 cm³/mol. The summed E-state index contributed by atoms with van der Waals surface area (Å²) in [5.41, 5.74) is 0.516. The summed E-state index contributed by atoms with van der Waals surface area (Å²) in [6.45, 7) is 5.88. The largest absolute Gasteiger partial charge is 0.313 e. The molecule has 0 aliphatic heterocycles. The number of nitrogens with one attached hydrogen (secondary N) is 1. The van der Waals surface area contributed by atoms with E-state index in [-0.39, 0.29) is 0 Å². The summed E-state index contributed by atoms with van der Waals surface area (Å²) in [4.78, 5) is 0. The summed E-state index contributed by atoms with van der Waals surface area (Å²) in [5, 5.41) is 3.77. The Hall–Kier alpha value is -0.480. The highest BCUT2D eigenvalue weighted by molar-refractivity contribution is 4.91. The van der Waals surface area contributed by atoms with Gasteiger partial charge in [0.2, 0.25) is 0 Å². The van der Waals surface area contributed by atoms with Crippen molar-refractivity contribution in [2.45, 2.75) is 77.7 Å². The second kappa shape index (κ2) is 7.77. The van der Waals surface area contributed by atoms with Crippen molar-refractivity contribution < 1.29 is 0 Å². The van der Waals surface area contributed by atoms with Gasteiger partial charge in [-0.2, -0.15) is 0 Å². The number of hydrogen-bond donors (Lipinski definition) is 1. The predicted octanol–water partition coefficient (Wildman–Crippen LogP) is 4.13. The van der Waals surface area contributed by atoms with Crippen LogP contribution in [0.15, 0.2) is 0 Å². The topological polar surface area (TPSA) is 12.0 Å². The van der Waals surface area contributed by atoms with E-state index < -0.39 is 0 Å². The van der Waals surface area contributed by atoms with Gasteiger partial charge >= 0.3 is 0 Å². The van der Waals surface area contributed by atoms with Crippen LogP contribution in [0.4, 0.5) is 0 Å². The molecule has 0 saturated heterocycles. The van der Waals surface area contributed by atoms with E-state index in [1.165, 1.54) is 51.4 Å².